The number of benzene rings is 1. The van der Waals surface area contributed by atoms with Gasteiger partial charge in [0, 0.05) is 17.2 Å². The van der Waals surface area contributed by atoms with E-state index >= 15 is 0 Å². The molecule has 1 aliphatic rings. The van der Waals surface area contributed by atoms with Crippen molar-refractivity contribution < 1.29 is 22.0 Å². The fraction of sp³-hybridized carbons (Fsp3) is 0.222. The van der Waals surface area contributed by atoms with Crippen LogP contribution in [0.3, 0.4) is 0 Å². The lowest BCUT2D eigenvalue weighted by Gasteiger charge is -2.06. The number of nitrogens with two attached hydrogens (primary N) is 1. The molecule has 2 atom stereocenters. The number of hydrogen-bond donors (Lipinski definition) is 2. The third-order valence-electron chi connectivity index (χ3n) is 2.50. The molecule has 3 N–H and O–H groups in total. The van der Waals surface area contributed by atoms with Gasteiger partial charge in [0.15, 0.2) is 23.3 Å². The third-order valence-corrected chi connectivity index (χ3v) is 2.50. The second-order valence-corrected chi connectivity index (χ2v) is 3.44. The van der Waals surface area contributed by atoms with Crippen molar-refractivity contribution in [3.05, 3.63) is 34.6 Å². The van der Waals surface area contributed by atoms with E-state index in [9.17, 15) is 22.0 Å². The Hall–Kier alpha value is -1.50. The van der Waals surface area contributed by atoms with Gasteiger partial charge in [-0.25, -0.2) is 22.0 Å². The highest BCUT2D eigenvalue weighted by molar-refractivity contribution is 6.10. The highest BCUT2D eigenvalue weighted by atomic mass is 19.2. The standard InChI is InChI=1S/C9H5F5N2/c10-3-1(2-8(15)9(2)16)4(11)6(13)7(14)5(3)12/h2,8,16H,15H2. The molecule has 0 bridgehead atoms. The fourth-order valence-electron chi connectivity index (χ4n) is 1.51. The Morgan fingerprint density at radius 1 is 0.812 bits per heavy atom. The largest absolute Gasteiger partial charge is 0.322 e. The van der Waals surface area contributed by atoms with Crippen LogP contribution in [0, 0.1) is 34.5 Å². The first kappa shape index (κ1) is 11.0. The Balaban J connectivity index is 2.67. The Labute approximate surface area is 86.4 Å². The van der Waals surface area contributed by atoms with Crippen LogP contribution in [-0.4, -0.2) is 11.8 Å². The highest BCUT2D eigenvalue weighted by Crippen LogP contribution is 2.40. The summed E-state index contributed by atoms with van der Waals surface area (Å²) in [6, 6.07) is -0.978. The predicted molar refractivity (Wildman–Crippen MR) is 44.7 cm³/mol. The second-order valence-electron chi connectivity index (χ2n) is 3.44. The van der Waals surface area contributed by atoms with Crippen LogP contribution in [0.5, 0.6) is 0 Å². The van der Waals surface area contributed by atoms with E-state index in [-0.39, 0.29) is 5.71 Å². The molecular weight excluding hydrogens is 231 g/mol. The van der Waals surface area contributed by atoms with Crippen LogP contribution in [0.4, 0.5) is 22.0 Å². The summed E-state index contributed by atoms with van der Waals surface area (Å²) in [5.41, 5.74) is 3.95. The van der Waals surface area contributed by atoms with Crippen molar-refractivity contribution in [2.24, 2.45) is 5.73 Å². The van der Waals surface area contributed by atoms with Crippen molar-refractivity contribution in [1.29, 1.82) is 5.41 Å². The lowest BCUT2D eigenvalue weighted by Crippen LogP contribution is -2.09. The first-order valence-corrected chi connectivity index (χ1v) is 4.23. The smallest absolute Gasteiger partial charge is 0.200 e. The van der Waals surface area contributed by atoms with Crippen molar-refractivity contribution in [2.75, 3.05) is 0 Å². The number of nitrogens with one attached hydrogen (secondary N) is 1. The van der Waals surface area contributed by atoms with Gasteiger partial charge in [0.25, 0.3) is 0 Å². The molecule has 0 spiro atoms. The van der Waals surface area contributed by atoms with Gasteiger partial charge in [-0.2, -0.15) is 0 Å². The molecule has 1 fully saturated rings. The van der Waals surface area contributed by atoms with Crippen molar-refractivity contribution in [3.8, 4) is 0 Å². The van der Waals surface area contributed by atoms with Crippen LogP contribution >= 0.6 is 0 Å². The minimum absolute atomic E-state index is 0.247. The van der Waals surface area contributed by atoms with Gasteiger partial charge in [-0.05, 0) is 0 Å². The predicted octanol–water partition coefficient (Wildman–Crippen LogP) is 1.83. The Morgan fingerprint density at radius 3 is 1.44 bits per heavy atom. The van der Waals surface area contributed by atoms with Crippen LogP contribution in [0.15, 0.2) is 0 Å². The average molecular weight is 236 g/mol. The first-order valence-electron chi connectivity index (χ1n) is 4.23. The van der Waals surface area contributed by atoms with Crippen molar-refractivity contribution in [3.63, 3.8) is 0 Å². The molecule has 2 nitrogen and oxygen atoms in total. The molecule has 16 heavy (non-hydrogen) atoms. The zero-order valence-electron chi connectivity index (χ0n) is 7.62. The molecule has 0 amide bonds. The van der Waals surface area contributed by atoms with E-state index in [1.165, 1.54) is 0 Å². The molecule has 7 heteroatoms. The van der Waals surface area contributed by atoms with E-state index in [1.807, 2.05) is 0 Å². The molecular formula is C9H5F5N2. The first-order chi connectivity index (χ1) is 7.37. The summed E-state index contributed by atoms with van der Waals surface area (Å²) >= 11 is 0. The van der Waals surface area contributed by atoms with E-state index in [4.69, 9.17) is 11.1 Å². The van der Waals surface area contributed by atoms with Gasteiger partial charge in [0.05, 0.1) is 6.04 Å². The topological polar surface area (TPSA) is 49.9 Å². The maximum absolute atomic E-state index is 13.2. The second kappa shape index (κ2) is 3.24. The van der Waals surface area contributed by atoms with Gasteiger partial charge in [-0.3, -0.25) is 0 Å². The van der Waals surface area contributed by atoms with Crippen LogP contribution in [0.1, 0.15) is 11.5 Å². The average Bonchev–Trinajstić information content (AvgIpc) is 2.83. The molecule has 0 saturated heterocycles. The molecule has 0 heterocycles. The lowest BCUT2D eigenvalue weighted by atomic mass is 10.1. The maximum atomic E-state index is 13.2. The number of rotatable bonds is 1. The van der Waals surface area contributed by atoms with Gasteiger partial charge >= 0.3 is 0 Å². The molecule has 0 radical (unpaired) electrons. The minimum atomic E-state index is -2.21. The molecule has 0 aliphatic heterocycles. The quantitative estimate of drug-likeness (QED) is 0.436. The van der Waals surface area contributed by atoms with Crippen molar-refractivity contribution in [1.82, 2.24) is 0 Å². The van der Waals surface area contributed by atoms with Crippen LogP contribution < -0.4 is 5.73 Å². The molecule has 2 rings (SSSR count). The zero-order chi connectivity index (χ0) is 12.2. The van der Waals surface area contributed by atoms with Gasteiger partial charge in [-0.1, -0.05) is 0 Å². The monoisotopic (exact) mass is 236 g/mol. The van der Waals surface area contributed by atoms with E-state index in [1.54, 1.807) is 0 Å². The normalized spacial score (nSPS) is 23.8. The summed E-state index contributed by atoms with van der Waals surface area (Å²) in [4.78, 5) is 0. The molecule has 2 unspecified atom stereocenters. The summed E-state index contributed by atoms with van der Waals surface area (Å²) < 4.78 is 64.5. The Kier molecular flexibility index (Phi) is 2.23. The molecule has 1 aromatic rings. The SMILES string of the molecule is N=C1C(N)C1c1c(F)c(F)c(F)c(F)c1F. The summed E-state index contributed by atoms with van der Waals surface area (Å²) in [6.45, 7) is 0. The van der Waals surface area contributed by atoms with Gasteiger partial charge in [-0.15, -0.1) is 0 Å². The maximum Gasteiger partial charge on any atom is 0.200 e. The van der Waals surface area contributed by atoms with Crippen molar-refractivity contribution in [2.45, 2.75) is 12.0 Å². The van der Waals surface area contributed by atoms with E-state index in [0.717, 1.165) is 0 Å². The van der Waals surface area contributed by atoms with Crippen LogP contribution in [0.25, 0.3) is 0 Å². The number of hydrogen-bond acceptors (Lipinski definition) is 2. The molecule has 1 saturated carbocycles. The van der Waals surface area contributed by atoms with Gasteiger partial charge in [0.1, 0.15) is 0 Å². The van der Waals surface area contributed by atoms with Crippen LogP contribution in [0.2, 0.25) is 0 Å². The summed E-state index contributed by atoms with van der Waals surface area (Å²) in [6.07, 6.45) is 0. The fourth-order valence-corrected chi connectivity index (χ4v) is 1.51. The Bertz CT molecular complexity index is 470. The van der Waals surface area contributed by atoms with Crippen molar-refractivity contribution >= 4 is 5.71 Å². The molecule has 1 aliphatic carbocycles. The summed E-state index contributed by atoms with van der Waals surface area (Å²) in [5.74, 6) is -11.3. The lowest BCUT2D eigenvalue weighted by molar-refractivity contribution is 0.370. The summed E-state index contributed by atoms with van der Waals surface area (Å²) in [7, 11) is 0. The van der Waals surface area contributed by atoms with E-state index in [2.05, 4.69) is 0 Å². The third kappa shape index (κ3) is 1.24. The van der Waals surface area contributed by atoms with Gasteiger partial charge in [0.2, 0.25) is 5.82 Å². The summed E-state index contributed by atoms with van der Waals surface area (Å²) in [5, 5.41) is 7.10. The number of halogens is 5. The molecule has 0 aromatic heterocycles. The zero-order valence-corrected chi connectivity index (χ0v) is 7.62. The molecule has 1 aromatic carbocycles. The van der Waals surface area contributed by atoms with E-state index < -0.39 is 46.6 Å². The van der Waals surface area contributed by atoms with E-state index in [0.29, 0.717) is 0 Å². The minimum Gasteiger partial charge on any atom is -0.322 e. The van der Waals surface area contributed by atoms with Crippen LogP contribution in [-0.2, 0) is 0 Å². The Morgan fingerprint density at radius 2 is 1.12 bits per heavy atom. The molecule has 86 valence electrons. The highest BCUT2D eigenvalue weighted by Gasteiger charge is 2.48. The van der Waals surface area contributed by atoms with Gasteiger partial charge < -0.3 is 11.1 Å².